The Kier molecular flexibility index (Phi) is 4.24. The highest BCUT2D eigenvalue weighted by Gasteiger charge is 2.12. The molecule has 1 heterocycles. The van der Waals surface area contributed by atoms with Gasteiger partial charge < -0.3 is 21.4 Å². The fourth-order valence-electron chi connectivity index (χ4n) is 1.90. The Balaban J connectivity index is 2.18. The molecule has 5 N–H and O–H groups in total. The quantitative estimate of drug-likeness (QED) is 0.626. The third kappa shape index (κ3) is 3.09. The molecule has 1 aromatic carbocycles. The van der Waals surface area contributed by atoms with Crippen molar-refractivity contribution in [1.82, 2.24) is 15.3 Å². The van der Waals surface area contributed by atoms with Crippen molar-refractivity contribution < 1.29 is 4.79 Å². The molecule has 0 aliphatic heterocycles. The molecule has 0 spiro atoms. The maximum absolute atomic E-state index is 11.8. The number of nitrogen functional groups attached to an aromatic ring is 1. The molecule has 0 bridgehead atoms. The van der Waals surface area contributed by atoms with Crippen molar-refractivity contribution in [3.05, 3.63) is 42.0 Å². The second-order valence-corrected chi connectivity index (χ2v) is 4.50. The van der Waals surface area contributed by atoms with Crippen molar-refractivity contribution in [2.45, 2.75) is 19.9 Å². The van der Waals surface area contributed by atoms with Crippen LogP contribution in [0.15, 0.2) is 30.6 Å². The molecule has 106 valence electrons. The predicted octanol–water partition coefficient (Wildman–Crippen LogP) is 1.91. The molecule has 1 unspecified atom stereocenters. The van der Waals surface area contributed by atoms with E-state index in [-0.39, 0.29) is 11.9 Å². The van der Waals surface area contributed by atoms with Gasteiger partial charge in [0.2, 0.25) is 0 Å². The van der Waals surface area contributed by atoms with Gasteiger partial charge in [-0.25, -0.2) is 4.98 Å². The monoisotopic (exact) mass is 273 g/mol. The minimum Gasteiger partial charge on any atom is -0.397 e. The molecule has 1 amide bonds. The Hall–Kier alpha value is -2.50. The highest BCUT2D eigenvalue weighted by atomic mass is 16.1. The topological polar surface area (TPSA) is 95.8 Å². The number of nitrogens with one attached hydrogen (secondary N) is 3. The molecule has 0 saturated heterocycles. The Morgan fingerprint density at radius 2 is 2.30 bits per heavy atom. The Morgan fingerprint density at radius 1 is 1.50 bits per heavy atom. The lowest BCUT2D eigenvalue weighted by Gasteiger charge is -2.16. The largest absolute Gasteiger partial charge is 0.397 e. The number of nitrogens with zero attached hydrogens (tertiary/aromatic N) is 1. The fourth-order valence-corrected chi connectivity index (χ4v) is 1.90. The van der Waals surface area contributed by atoms with Crippen LogP contribution in [0.1, 0.15) is 36.1 Å². The predicted molar refractivity (Wildman–Crippen MR) is 79.5 cm³/mol. The van der Waals surface area contributed by atoms with Crippen LogP contribution < -0.4 is 16.4 Å². The van der Waals surface area contributed by atoms with Crippen molar-refractivity contribution in [2.75, 3.05) is 17.6 Å². The van der Waals surface area contributed by atoms with Gasteiger partial charge in [-0.3, -0.25) is 4.79 Å². The average Bonchev–Trinajstić information content (AvgIpc) is 2.95. The molecular weight excluding hydrogens is 254 g/mol. The summed E-state index contributed by atoms with van der Waals surface area (Å²) in [4.78, 5) is 19.1. The summed E-state index contributed by atoms with van der Waals surface area (Å²) >= 11 is 0. The van der Waals surface area contributed by atoms with Crippen molar-refractivity contribution in [3.63, 3.8) is 0 Å². The van der Waals surface area contributed by atoms with Gasteiger partial charge >= 0.3 is 0 Å². The van der Waals surface area contributed by atoms with E-state index in [0.29, 0.717) is 17.8 Å². The first-order chi connectivity index (χ1) is 9.61. The summed E-state index contributed by atoms with van der Waals surface area (Å²) in [5, 5.41) is 6.01. The normalized spacial score (nSPS) is 11.9. The highest BCUT2D eigenvalue weighted by Crippen LogP contribution is 2.24. The number of aromatic amines is 1. The van der Waals surface area contributed by atoms with Gasteiger partial charge in [0.15, 0.2) is 0 Å². The number of anilines is 2. The van der Waals surface area contributed by atoms with Gasteiger partial charge in [0, 0.05) is 24.5 Å². The van der Waals surface area contributed by atoms with Gasteiger partial charge in [0.1, 0.15) is 5.82 Å². The molecule has 0 aliphatic carbocycles. The van der Waals surface area contributed by atoms with Crippen LogP contribution >= 0.6 is 0 Å². The Morgan fingerprint density at radius 3 is 2.95 bits per heavy atom. The van der Waals surface area contributed by atoms with E-state index < -0.39 is 0 Å². The van der Waals surface area contributed by atoms with Crippen LogP contribution in [-0.4, -0.2) is 22.4 Å². The smallest absolute Gasteiger partial charge is 0.251 e. The molecule has 2 rings (SSSR count). The third-order valence-electron chi connectivity index (χ3n) is 2.95. The number of hydrogen-bond donors (Lipinski definition) is 4. The van der Waals surface area contributed by atoms with Crippen LogP contribution in [0.3, 0.4) is 0 Å². The van der Waals surface area contributed by atoms with E-state index in [1.165, 1.54) is 0 Å². The summed E-state index contributed by atoms with van der Waals surface area (Å²) < 4.78 is 0. The summed E-state index contributed by atoms with van der Waals surface area (Å²) in [7, 11) is 0. The maximum atomic E-state index is 11.8. The zero-order chi connectivity index (χ0) is 14.5. The molecular formula is C14H19N5O. The minimum absolute atomic E-state index is 0.0308. The van der Waals surface area contributed by atoms with Crippen LogP contribution in [0.2, 0.25) is 0 Å². The van der Waals surface area contributed by atoms with Gasteiger partial charge in [-0.2, -0.15) is 0 Å². The summed E-state index contributed by atoms with van der Waals surface area (Å²) in [6.07, 6.45) is 3.46. The molecule has 0 radical (unpaired) electrons. The molecule has 20 heavy (non-hydrogen) atoms. The van der Waals surface area contributed by atoms with E-state index >= 15 is 0 Å². The molecule has 6 nitrogen and oxygen atoms in total. The number of rotatable bonds is 5. The van der Waals surface area contributed by atoms with E-state index in [1.807, 2.05) is 13.8 Å². The van der Waals surface area contributed by atoms with Gasteiger partial charge in [-0.15, -0.1) is 0 Å². The lowest BCUT2D eigenvalue weighted by molar-refractivity contribution is 0.0956. The van der Waals surface area contributed by atoms with Gasteiger partial charge in [-0.1, -0.05) is 0 Å². The van der Waals surface area contributed by atoms with Crippen LogP contribution in [0.5, 0.6) is 0 Å². The van der Waals surface area contributed by atoms with Gasteiger partial charge in [0.05, 0.1) is 17.4 Å². The SMILES string of the molecule is CCNC(=O)c1ccc(N)c(NC(C)c2ncc[nH]2)c1. The lowest BCUT2D eigenvalue weighted by Crippen LogP contribution is -2.23. The second-order valence-electron chi connectivity index (χ2n) is 4.50. The number of hydrogen-bond acceptors (Lipinski definition) is 4. The number of nitrogens with two attached hydrogens (primary N) is 1. The fraction of sp³-hybridized carbons (Fsp3) is 0.286. The van der Waals surface area contributed by atoms with Gasteiger partial charge in [-0.05, 0) is 32.0 Å². The molecule has 1 aromatic heterocycles. The number of carbonyl (C=O) groups excluding carboxylic acids is 1. The summed E-state index contributed by atoms with van der Waals surface area (Å²) in [6, 6.07) is 5.15. The first-order valence-corrected chi connectivity index (χ1v) is 6.55. The van der Waals surface area contributed by atoms with Crippen LogP contribution in [0.4, 0.5) is 11.4 Å². The van der Waals surface area contributed by atoms with E-state index in [0.717, 1.165) is 11.5 Å². The van der Waals surface area contributed by atoms with Crippen molar-refractivity contribution in [1.29, 1.82) is 0 Å². The summed E-state index contributed by atoms with van der Waals surface area (Å²) in [5.74, 6) is 0.703. The number of imidazole rings is 1. The van der Waals surface area contributed by atoms with Gasteiger partial charge in [0.25, 0.3) is 5.91 Å². The molecule has 0 fully saturated rings. The van der Waals surface area contributed by atoms with E-state index in [1.54, 1.807) is 30.6 Å². The Bertz CT molecular complexity index is 579. The molecule has 6 heteroatoms. The molecule has 0 saturated carbocycles. The summed E-state index contributed by atoms with van der Waals surface area (Å²) in [6.45, 7) is 4.44. The number of aromatic nitrogens is 2. The third-order valence-corrected chi connectivity index (χ3v) is 2.95. The van der Waals surface area contributed by atoms with Crippen molar-refractivity contribution in [3.8, 4) is 0 Å². The average molecular weight is 273 g/mol. The minimum atomic E-state index is -0.110. The number of H-pyrrole nitrogens is 1. The standard InChI is InChI=1S/C14H19N5O/c1-3-16-14(20)10-4-5-11(15)12(8-10)19-9(2)13-17-6-7-18-13/h4-9,19H,3,15H2,1-2H3,(H,16,20)(H,17,18). The van der Waals surface area contributed by atoms with Crippen molar-refractivity contribution in [2.24, 2.45) is 0 Å². The molecule has 2 aromatic rings. The molecule has 1 atom stereocenters. The molecule has 0 aliphatic rings. The number of benzene rings is 1. The van der Waals surface area contributed by atoms with Crippen LogP contribution in [-0.2, 0) is 0 Å². The lowest BCUT2D eigenvalue weighted by atomic mass is 10.1. The second kappa shape index (κ2) is 6.10. The summed E-state index contributed by atoms with van der Waals surface area (Å²) in [5.41, 5.74) is 7.83. The van der Waals surface area contributed by atoms with Crippen LogP contribution in [0, 0.1) is 0 Å². The Labute approximate surface area is 117 Å². The zero-order valence-corrected chi connectivity index (χ0v) is 11.6. The van der Waals surface area contributed by atoms with Crippen LogP contribution in [0.25, 0.3) is 0 Å². The zero-order valence-electron chi connectivity index (χ0n) is 11.6. The maximum Gasteiger partial charge on any atom is 0.251 e. The van der Waals surface area contributed by atoms with E-state index in [9.17, 15) is 4.79 Å². The number of amides is 1. The van der Waals surface area contributed by atoms with Crippen molar-refractivity contribution >= 4 is 17.3 Å². The van der Waals surface area contributed by atoms with E-state index in [2.05, 4.69) is 20.6 Å². The van der Waals surface area contributed by atoms with E-state index in [4.69, 9.17) is 5.73 Å². The number of carbonyl (C=O) groups is 1. The first-order valence-electron chi connectivity index (χ1n) is 6.55. The highest BCUT2D eigenvalue weighted by molar-refractivity contribution is 5.96. The first kappa shape index (κ1) is 13.9.